The van der Waals surface area contributed by atoms with Gasteiger partial charge in [0.25, 0.3) is 5.91 Å². The molecule has 164 valence electrons. The number of thiophene rings is 1. The van der Waals surface area contributed by atoms with Gasteiger partial charge in [-0.2, -0.15) is 5.10 Å². The van der Waals surface area contributed by atoms with E-state index in [1.807, 2.05) is 27.7 Å². The molecule has 8 nitrogen and oxygen atoms in total. The van der Waals surface area contributed by atoms with Gasteiger partial charge in [0.15, 0.2) is 5.65 Å². The average molecular weight is 449 g/mol. The molecule has 0 saturated carbocycles. The van der Waals surface area contributed by atoms with Crippen molar-refractivity contribution in [3.63, 3.8) is 0 Å². The number of hydrogen-bond acceptors (Lipinski definition) is 6. The minimum atomic E-state index is -0.354. The summed E-state index contributed by atoms with van der Waals surface area (Å²) in [5.41, 5.74) is 3.36. The molecule has 4 rings (SSSR count). The van der Waals surface area contributed by atoms with Gasteiger partial charge in [-0.05, 0) is 52.0 Å². The second-order valence-electron chi connectivity index (χ2n) is 7.77. The van der Waals surface area contributed by atoms with Gasteiger partial charge in [-0.25, -0.2) is 9.67 Å². The number of aryl methyl sites for hydroxylation is 2. The molecule has 0 aliphatic heterocycles. The van der Waals surface area contributed by atoms with Crippen LogP contribution in [0.25, 0.3) is 22.3 Å². The number of nitrogens with zero attached hydrogens (tertiary/aromatic N) is 4. The lowest BCUT2D eigenvalue weighted by atomic mass is 10.1. The van der Waals surface area contributed by atoms with Crippen molar-refractivity contribution in [2.24, 2.45) is 0 Å². The molecule has 2 amide bonds. The molecule has 32 heavy (non-hydrogen) atoms. The summed E-state index contributed by atoms with van der Waals surface area (Å²) in [7, 11) is 0. The molecule has 9 heteroatoms. The number of carbonyl (C=O) groups excluding carboxylic acids is 2. The van der Waals surface area contributed by atoms with Crippen LogP contribution in [0.3, 0.4) is 0 Å². The lowest BCUT2D eigenvalue weighted by Crippen LogP contribution is -2.33. The summed E-state index contributed by atoms with van der Waals surface area (Å²) in [4.78, 5) is 36.5. The molecular weight excluding hydrogens is 424 g/mol. The van der Waals surface area contributed by atoms with E-state index in [-0.39, 0.29) is 24.4 Å². The molecule has 0 unspecified atom stereocenters. The Morgan fingerprint density at radius 3 is 2.66 bits per heavy atom. The van der Waals surface area contributed by atoms with Crippen LogP contribution in [0.15, 0.2) is 42.9 Å². The van der Waals surface area contributed by atoms with Crippen LogP contribution >= 0.6 is 11.3 Å². The Morgan fingerprint density at radius 2 is 2.00 bits per heavy atom. The van der Waals surface area contributed by atoms with Crippen LogP contribution in [0, 0.1) is 13.8 Å². The molecule has 0 aliphatic rings. The molecule has 4 aromatic heterocycles. The van der Waals surface area contributed by atoms with Crippen LogP contribution in [-0.2, 0) is 4.79 Å². The zero-order chi connectivity index (χ0) is 22.8. The summed E-state index contributed by atoms with van der Waals surface area (Å²) in [6, 6.07) is 7.40. The predicted octanol–water partition coefficient (Wildman–Crippen LogP) is 4.12. The third-order valence-electron chi connectivity index (χ3n) is 4.97. The highest BCUT2D eigenvalue weighted by Gasteiger charge is 2.20. The molecule has 0 aliphatic carbocycles. The second kappa shape index (κ2) is 8.88. The van der Waals surface area contributed by atoms with Crippen LogP contribution in [-0.4, -0.2) is 38.1 Å². The highest BCUT2D eigenvalue weighted by atomic mass is 32.1. The van der Waals surface area contributed by atoms with Crippen molar-refractivity contribution in [3.8, 4) is 11.3 Å². The SMILES string of the molecule is Cc1cc(-c2cc(C(=O)NCC(=O)Nc3cccnc3)c3cnn(C(C)C)c3n2)c(C)s1. The Morgan fingerprint density at radius 1 is 1.19 bits per heavy atom. The molecule has 0 spiro atoms. The van der Waals surface area contributed by atoms with Gasteiger partial charge in [0.05, 0.1) is 41.3 Å². The summed E-state index contributed by atoms with van der Waals surface area (Å²) < 4.78 is 1.80. The monoisotopic (exact) mass is 448 g/mol. The molecule has 0 bridgehead atoms. The lowest BCUT2D eigenvalue weighted by molar-refractivity contribution is -0.115. The molecular formula is C23H24N6O2S. The zero-order valence-corrected chi connectivity index (χ0v) is 19.2. The number of fused-ring (bicyclic) bond motifs is 1. The molecule has 0 aromatic carbocycles. The number of pyridine rings is 2. The molecule has 4 aromatic rings. The third-order valence-corrected chi connectivity index (χ3v) is 5.94. The highest BCUT2D eigenvalue weighted by Crippen LogP contribution is 2.32. The fourth-order valence-corrected chi connectivity index (χ4v) is 4.44. The van der Waals surface area contributed by atoms with Gasteiger partial charge in [0, 0.05) is 27.6 Å². The number of anilines is 1. The van der Waals surface area contributed by atoms with E-state index in [4.69, 9.17) is 4.98 Å². The number of rotatable bonds is 6. The molecule has 0 saturated heterocycles. The summed E-state index contributed by atoms with van der Waals surface area (Å²) in [5.74, 6) is -0.688. The van der Waals surface area contributed by atoms with Gasteiger partial charge in [-0.15, -0.1) is 11.3 Å². The van der Waals surface area contributed by atoms with Crippen molar-refractivity contribution >= 4 is 39.9 Å². The molecule has 0 fully saturated rings. The van der Waals surface area contributed by atoms with E-state index in [9.17, 15) is 9.59 Å². The maximum absolute atomic E-state index is 13.1. The van der Waals surface area contributed by atoms with Gasteiger partial charge < -0.3 is 10.6 Å². The van der Waals surface area contributed by atoms with E-state index < -0.39 is 0 Å². The fourth-order valence-electron chi connectivity index (χ4n) is 3.50. The van der Waals surface area contributed by atoms with E-state index in [0.29, 0.717) is 28.0 Å². The normalized spacial score (nSPS) is 11.2. The summed E-state index contributed by atoms with van der Waals surface area (Å²) >= 11 is 1.69. The lowest BCUT2D eigenvalue weighted by Gasteiger charge is -2.11. The largest absolute Gasteiger partial charge is 0.343 e. The minimum Gasteiger partial charge on any atom is -0.343 e. The first-order valence-electron chi connectivity index (χ1n) is 10.3. The molecule has 4 heterocycles. The summed E-state index contributed by atoms with van der Waals surface area (Å²) in [6.45, 7) is 7.96. The first-order valence-corrected chi connectivity index (χ1v) is 11.1. The van der Waals surface area contributed by atoms with Gasteiger partial charge in [0.2, 0.25) is 5.91 Å². The van der Waals surface area contributed by atoms with Crippen LogP contribution in [0.2, 0.25) is 0 Å². The second-order valence-corrected chi connectivity index (χ2v) is 9.24. The Kier molecular flexibility index (Phi) is 6.00. The number of aromatic nitrogens is 4. The maximum Gasteiger partial charge on any atom is 0.252 e. The van der Waals surface area contributed by atoms with Crippen LogP contribution in [0.1, 0.15) is 40.0 Å². The Labute approximate surface area is 189 Å². The third kappa shape index (κ3) is 4.38. The number of nitrogens with one attached hydrogen (secondary N) is 2. The zero-order valence-electron chi connectivity index (χ0n) is 18.3. The van der Waals surface area contributed by atoms with Crippen molar-refractivity contribution < 1.29 is 9.59 Å². The van der Waals surface area contributed by atoms with Gasteiger partial charge in [-0.1, -0.05) is 0 Å². The maximum atomic E-state index is 13.1. The summed E-state index contributed by atoms with van der Waals surface area (Å²) in [6.07, 6.45) is 4.82. The van der Waals surface area contributed by atoms with Crippen LogP contribution in [0.4, 0.5) is 5.69 Å². The summed E-state index contributed by atoms with van der Waals surface area (Å²) in [5, 5.41) is 10.5. The van der Waals surface area contributed by atoms with E-state index >= 15 is 0 Å². The average Bonchev–Trinajstić information content (AvgIpc) is 3.34. The van der Waals surface area contributed by atoms with Gasteiger partial charge in [0.1, 0.15) is 0 Å². The topological polar surface area (TPSA) is 102 Å². The van der Waals surface area contributed by atoms with Crippen LogP contribution in [0.5, 0.6) is 0 Å². The van der Waals surface area contributed by atoms with Crippen LogP contribution < -0.4 is 10.6 Å². The fraction of sp³-hybridized carbons (Fsp3) is 0.261. The Hall–Kier alpha value is -3.59. The number of amides is 2. The smallest absolute Gasteiger partial charge is 0.252 e. The van der Waals surface area contributed by atoms with E-state index in [1.165, 1.54) is 4.88 Å². The quantitative estimate of drug-likeness (QED) is 0.462. The van der Waals surface area contributed by atoms with Gasteiger partial charge in [-0.3, -0.25) is 14.6 Å². The van der Waals surface area contributed by atoms with E-state index in [2.05, 4.69) is 26.8 Å². The predicted molar refractivity (Wildman–Crippen MR) is 126 cm³/mol. The van der Waals surface area contributed by atoms with Crippen molar-refractivity contribution in [1.29, 1.82) is 0 Å². The first-order chi connectivity index (χ1) is 15.3. The van der Waals surface area contributed by atoms with Gasteiger partial charge >= 0.3 is 0 Å². The first kappa shape index (κ1) is 21.6. The molecule has 2 N–H and O–H groups in total. The van der Waals surface area contributed by atoms with E-state index in [0.717, 1.165) is 10.4 Å². The van der Waals surface area contributed by atoms with E-state index in [1.54, 1.807) is 52.8 Å². The molecule has 0 atom stereocenters. The highest BCUT2D eigenvalue weighted by molar-refractivity contribution is 7.12. The van der Waals surface area contributed by atoms with Crippen molar-refractivity contribution in [1.82, 2.24) is 25.1 Å². The van der Waals surface area contributed by atoms with Crippen molar-refractivity contribution in [2.45, 2.75) is 33.7 Å². The Balaban J connectivity index is 1.65. The van der Waals surface area contributed by atoms with Crippen molar-refractivity contribution in [3.05, 3.63) is 58.2 Å². The number of hydrogen-bond donors (Lipinski definition) is 2. The number of carbonyl (C=O) groups is 2. The standard InChI is InChI=1S/C23H24N6O2S/c1-13(2)29-22-19(11-26-29)18(9-20(28-22)17-8-14(3)32-15(17)4)23(31)25-12-21(30)27-16-6-5-7-24-10-16/h5-11,13H,12H2,1-4H3,(H,25,31)(H,27,30). The minimum absolute atomic E-state index is 0.0849. The Bertz CT molecular complexity index is 1290. The molecule has 0 radical (unpaired) electrons. The van der Waals surface area contributed by atoms with Crippen molar-refractivity contribution in [2.75, 3.05) is 11.9 Å².